The molecule has 2 aromatic rings. The number of para-hydroxylation sites is 1. The van der Waals surface area contributed by atoms with Crippen molar-refractivity contribution in [3.8, 4) is 0 Å². The van der Waals surface area contributed by atoms with Crippen LogP contribution in [0.3, 0.4) is 0 Å². The molecular weight excluding hydrogens is 300 g/mol. The summed E-state index contributed by atoms with van der Waals surface area (Å²) < 4.78 is 8.06. The highest BCUT2D eigenvalue weighted by Crippen LogP contribution is 2.43. The predicted octanol–water partition coefficient (Wildman–Crippen LogP) is 3.98. The van der Waals surface area contributed by atoms with Gasteiger partial charge in [-0.25, -0.2) is 0 Å². The number of carbonyl (C=O) groups excluding carboxylic acids is 1. The van der Waals surface area contributed by atoms with Gasteiger partial charge in [-0.3, -0.25) is 9.69 Å². The molecule has 1 aromatic carbocycles. The normalized spacial score (nSPS) is 20.2. The lowest BCUT2D eigenvalue weighted by atomic mass is 10.0. The Hall–Kier alpha value is -1.81. The zero-order valence-electron chi connectivity index (χ0n) is 14.4. The van der Waals surface area contributed by atoms with Gasteiger partial charge in [-0.1, -0.05) is 24.6 Å². The molecule has 1 saturated heterocycles. The Bertz CT molecular complexity index is 727. The molecule has 2 aliphatic rings. The van der Waals surface area contributed by atoms with E-state index in [0.717, 1.165) is 19.6 Å². The van der Waals surface area contributed by atoms with Gasteiger partial charge in [-0.05, 0) is 51.8 Å². The van der Waals surface area contributed by atoms with E-state index in [1.807, 2.05) is 0 Å². The third-order valence-electron chi connectivity index (χ3n) is 5.53. The zero-order valence-corrected chi connectivity index (χ0v) is 14.4. The highest BCUT2D eigenvalue weighted by molar-refractivity contribution is 5.86. The molecule has 1 aliphatic heterocycles. The number of piperidine rings is 1. The third-order valence-corrected chi connectivity index (χ3v) is 5.53. The number of hydrogen-bond acceptors (Lipinski definition) is 3. The van der Waals surface area contributed by atoms with Crippen LogP contribution in [0.15, 0.2) is 24.3 Å². The summed E-state index contributed by atoms with van der Waals surface area (Å²) in [7, 11) is 0. The average Bonchev–Trinajstić information content (AvgIpc) is 3.38. The fourth-order valence-corrected chi connectivity index (χ4v) is 4.27. The van der Waals surface area contributed by atoms with E-state index in [1.165, 1.54) is 54.3 Å². The van der Waals surface area contributed by atoms with Gasteiger partial charge in [0, 0.05) is 34.7 Å². The molecule has 1 saturated carbocycles. The number of nitrogens with zero attached hydrogens (tertiary/aromatic N) is 2. The van der Waals surface area contributed by atoms with Crippen LogP contribution in [-0.4, -0.2) is 35.6 Å². The highest BCUT2D eigenvalue weighted by Gasteiger charge is 2.31. The zero-order chi connectivity index (χ0) is 16.5. The number of benzene rings is 1. The summed E-state index contributed by atoms with van der Waals surface area (Å²) in [4.78, 5) is 13.6. The molecule has 0 spiro atoms. The Labute approximate surface area is 143 Å². The Morgan fingerprint density at radius 3 is 2.67 bits per heavy atom. The summed E-state index contributed by atoms with van der Waals surface area (Å²) in [5, 5.41) is 1.24. The molecule has 24 heavy (non-hydrogen) atoms. The molecule has 128 valence electrons. The Balaban J connectivity index is 1.74. The first-order chi connectivity index (χ1) is 11.8. The number of carbonyl (C=O) groups is 1. The second-order valence-corrected chi connectivity index (χ2v) is 7.20. The molecule has 0 radical (unpaired) electrons. The minimum Gasteiger partial charge on any atom is -0.458 e. The van der Waals surface area contributed by atoms with Gasteiger partial charge in [0.15, 0.2) is 0 Å². The molecule has 4 rings (SSSR count). The topological polar surface area (TPSA) is 34.5 Å². The molecule has 0 bridgehead atoms. The van der Waals surface area contributed by atoms with E-state index in [4.69, 9.17) is 4.74 Å². The monoisotopic (exact) mass is 326 g/mol. The van der Waals surface area contributed by atoms with Crippen LogP contribution in [0.1, 0.15) is 55.5 Å². The smallest absolute Gasteiger partial charge is 0.293 e. The predicted molar refractivity (Wildman–Crippen MR) is 95.1 cm³/mol. The summed E-state index contributed by atoms with van der Waals surface area (Å²) in [6.45, 7) is 5.83. The van der Waals surface area contributed by atoms with Crippen molar-refractivity contribution < 1.29 is 9.53 Å². The number of rotatable bonds is 6. The average molecular weight is 326 g/mol. The Morgan fingerprint density at radius 2 is 1.96 bits per heavy atom. The number of fused-ring (bicyclic) bond motifs is 1. The van der Waals surface area contributed by atoms with E-state index in [0.29, 0.717) is 12.5 Å². The second-order valence-electron chi connectivity index (χ2n) is 7.20. The van der Waals surface area contributed by atoms with Crippen LogP contribution in [-0.2, 0) is 9.53 Å². The molecule has 0 N–H and O–H groups in total. The van der Waals surface area contributed by atoms with Gasteiger partial charge in [-0.15, -0.1) is 0 Å². The van der Waals surface area contributed by atoms with E-state index in [2.05, 4.69) is 40.7 Å². The highest BCUT2D eigenvalue weighted by atomic mass is 16.5. The van der Waals surface area contributed by atoms with Crippen LogP contribution in [0.5, 0.6) is 0 Å². The van der Waals surface area contributed by atoms with Crippen molar-refractivity contribution in [1.29, 1.82) is 0 Å². The third kappa shape index (κ3) is 2.84. The molecule has 1 aromatic heterocycles. The number of hydrogen-bond donors (Lipinski definition) is 0. The fraction of sp³-hybridized carbons (Fsp3) is 0.550. The second kappa shape index (κ2) is 6.60. The lowest BCUT2D eigenvalue weighted by molar-refractivity contribution is -0.134. The van der Waals surface area contributed by atoms with E-state index < -0.39 is 0 Å². The van der Waals surface area contributed by atoms with Crippen LogP contribution in [0.4, 0.5) is 0 Å². The van der Waals surface area contributed by atoms with Crippen molar-refractivity contribution >= 4 is 17.4 Å². The number of aromatic nitrogens is 1. The molecular formula is C20H26N2O2. The first-order valence-electron chi connectivity index (χ1n) is 9.20. The molecule has 0 amide bonds. The quantitative estimate of drug-likeness (QED) is 0.753. The fourth-order valence-electron chi connectivity index (χ4n) is 4.27. The van der Waals surface area contributed by atoms with E-state index in [9.17, 15) is 4.79 Å². The van der Waals surface area contributed by atoms with Crippen LogP contribution >= 0.6 is 0 Å². The summed E-state index contributed by atoms with van der Waals surface area (Å²) >= 11 is 0. The molecule has 1 atom stereocenters. The van der Waals surface area contributed by atoms with Crippen LogP contribution in [0, 0.1) is 6.92 Å². The standard InChI is InChI=1S/C20H26N2O2/c1-15-20(19(24-14-23)13-21-11-5-2-6-12-21)17-7-3-4-8-18(17)22(15)16-9-10-16/h3-4,7-8,14,16,19H,2,5-6,9-13H2,1H3. The maximum Gasteiger partial charge on any atom is 0.293 e. The van der Waals surface area contributed by atoms with Crippen molar-refractivity contribution in [1.82, 2.24) is 9.47 Å². The first-order valence-corrected chi connectivity index (χ1v) is 9.20. The molecule has 2 heterocycles. The van der Waals surface area contributed by atoms with Crippen LogP contribution in [0.2, 0.25) is 0 Å². The molecule has 1 aliphatic carbocycles. The van der Waals surface area contributed by atoms with Gasteiger partial charge in [-0.2, -0.15) is 0 Å². The molecule has 1 unspecified atom stereocenters. The minimum absolute atomic E-state index is 0.175. The Kier molecular flexibility index (Phi) is 4.31. The maximum absolute atomic E-state index is 11.2. The maximum atomic E-state index is 11.2. The number of likely N-dealkylation sites (tertiary alicyclic amines) is 1. The van der Waals surface area contributed by atoms with Crippen molar-refractivity contribution in [3.63, 3.8) is 0 Å². The summed E-state index contributed by atoms with van der Waals surface area (Å²) in [5.74, 6) is 0. The number of ether oxygens (including phenoxy) is 1. The first kappa shape index (κ1) is 15.7. The van der Waals surface area contributed by atoms with Crippen molar-refractivity contribution in [2.45, 2.75) is 51.2 Å². The lowest BCUT2D eigenvalue weighted by Crippen LogP contribution is -2.34. The SMILES string of the molecule is Cc1c(C(CN2CCCCC2)OC=O)c2ccccc2n1C1CC1. The van der Waals surface area contributed by atoms with Crippen LogP contribution < -0.4 is 0 Å². The summed E-state index contributed by atoms with van der Waals surface area (Å²) in [6, 6.07) is 9.18. The van der Waals surface area contributed by atoms with Gasteiger partial charge >= 0.3 is 0 Å². The van der Waals surface area contributed by atoms with E-state index in [1.54, 1.807) is 0 Å². The van der Waals surface area contributed by atoms with Crippen molar-refractivity contribution in [2.75, 3.05) is 19.6 Å². The van der Waals surface area contributed by atoms with Gasteiger partial charge in [0.25, 0.3) is 6.47 Å². The summed E-state index contributed by atoms with van der Waals surface area (Å²) in [6.07, 6.45) is 6.14. The van der Waals surface area contributed by atoms with E-state index in [-0.39, 0.29) is 6.10 Å². The molecule has 4 heteroatoms. The van der Waals surface area contributed by atoms with E-state index >= 15 is 0 Å². The minimum atomic E-state index is -0.175. The van der Waals surface area contributed by atoms with Crippen LogP contribution in [0.25, 0.3) is 10.9 Å². The molecule has 2 fully saturated rings. The van der Waals surface area contributed by atoms with Gasteiger partial charge in [0.05, 0.1) is 0 Å². The van der Waals surface area contributed by atoms with Gasteiger partial charge < -0.3 is 9.30 Å². The lowest BCUT2D eigenvalue weighted by Gasteiger charge is -2.30. The molecule has 4 nitrogen and oxygen atoms in total. The van der Waals surface area contributed by atoms with Crippen molar-refractivity contribution in [2.24, 2.45) is 0 Å². The Morgan fingerprint density at radius 1 is 1.21 bits per heavy atom. The van der Waals surface area contributed by atoms with Gasteiger partial charge in [0.2, 0.25) is 0 Å². The van der Waals surface area contributed by atoms with Crippen molar-refractivity contribution in [3.05, 3.63) is 35.5 Å². The van der Waals surface area contributed by atoms with Gasteiger partial charge in [0.1, 0.15) is 6.10 Å². The summed E-state index contributed by atoms with van der Waals surface area (Å²) in [5.41, 5.74) is 3.75. The largest absolute Gasteiger partial charge is 0.458 e.